The standard InChI is InChI=1S/C15H17FIN3/c1-4-11-12(17)13(18)20-14(19-11)15(2,3)9-5-7-10(16)8-6-9/h5-8H,4H2,1-3H3,(H2,18,19,20). The van der Waals surface area contributed by atoms with Crippen LogP contribution in [0.1, 0.15) is 37.9 Å². The molecular formula is C15H17FIN3. The van der Waals surface area contributed by atoms with Crippen molar-refractivity contribution in [2.24, 2.45) is 0 Å². The molecular weight excluding hydrogens is 368 g/mol. The minimum atomic E-state index is -0.421. The second-order valence-electron chi connectivity index (χ2n) is 5.18. The minimum absolute atomic E-state index is 0.248. The summed E-state index contributed by atoms with van der Waals surface area (Å²) >= 11 is 2.17. The molecule has 0 aliphatic carbocycles. The smallest absolute Gasteiger partial charge is 0.141 e. The number of benzene rings is 1. The maximum absolute atomic E-state index is 13.1. The van der Waals surface area contributed by atoms with Gasteiger partial charge in [0.2, 0.25) is 0 Å². The number of rotatable bonds is 3. The van der Waals surface area contributed by atoms with Gasteiger partial charge in [-0.25, -0.2) is 14.4 Å². The number of anilines is 1. The van der Waals surface area contributed by atoms with Crippen LogP contribution in [-0.4, -0.2) is 9.97 Å². The van der Waals surface area contributed by atoms with E-state index in [0.717, 1.165) is 21.2 Å². The fourth-order valence-corrected chi connectivity index (χ4v) is 2.64. The SMILES string of the molecule is CCc1nc(C(C)(C)c2ccc(F)cc2)nc(N)c1I. The molecule has 20 heavy (non-hydrogen) atoms. The van der Waals surface area contributed by atoms with Crippen molar-refractivity contribution in [2.75, 3.05) is 5.73 Å². The average Bonchev–Trinajstić information content (AvgIpc) is 2.42. The molecule has 0 saturated heterocycles. The Bertz CT molecular complexity index is 624. The van der Waals surface area contributed by atoms with Gasteiger partial charge in [-0.15, -0.1) is 0 Å². The zero-order valence-corrected chi connectivity index (χ0v) is 13.9. The Morgan fingerprint density at radius 3 is 2.35 bits per heavy atom. The highest BCUT2D eigenvalue weighted by molar-refractivity contribution is 14.1. The van der Waals surface area contributed by atoms with Crippen molar-refractivity contribution >= 4 is 28.4 Å². The molecule has 0 amide bonds. The highest BCUT2D eigenvalue weighted by Crippen LogP contribution is 2.31. The van der Waals surface area contributed by atoms with Crippen LogP contribution in [0.5, 0.6) is 0 Å². The van der Waals surface area contributed by atoms with Crippen LogP contribution < -0.4 is 5.73 Å². The van der Waals surface area contributed by atoms with Crippen LogP contribution in [0.25, 0.3) is 0 Å². The zero-order chi connectivity index (χ0) is 14.9. The number of nitrogens with two attached hydrogens (primary N) is 1. The third kappa shape index (κ3) is 2.77. The van der Waals surface area contributed by atoms with Crippen LogP contribution in [0.3, 0.4) is 0 Å². The lowest BCUT2D eigenvalue weighted by atomic mass is 9.83. The highest BCUT2D eigenvalue weighted by Gasteiger charge is 2.28. The van der Waals surface area contributed by atoms with Crippen LogP contribution in [0.4, 0.5) is 10.2 Å². The number of halogens is 2. The quantitative estimate of drug-likeness (QED) is 0.820. The van der Waals surface area contributed by atoms with E-state index in [4.69, 9.17) is 5.73 Å². The molecule has 0 atom stereocenters. The number of hydrogen-bond acceptors (Lipinski definition) is 3. The lowest BCUT2D eigenvalue weighted by Crippen LogP contribution is -2.24. The van der Waals surface area contributed by atoms with Crippen molar-refractivity contribution < 1.29 is 4.39 Å². The summed E-state index contributed by atoms with van der Waals surface area (Å²) in [5.74, 6) is 0.920. The van der Waals surface area contributed by atoms with Gasteiger partial charge in [-0.3, -0.25) is 0 Å². The molecule has 3 nitrogen and oxygen atoms in total. The fourth-order valence-electron chi connectivity index (χ4n) is 2.02. The number of nitrogen functional groups attached to an aromatic ring is 1. The molecule has 1 aromatic heterocycles. The second-order valence-corrected chi connectivity index (χ2v) is 6.26. The average molecular weight is 385 g/mol. The first-order valence-electron chi connectivity index (χ1n) is 6.44. The number of nitrogens with zero attached hydrogens (tertiary/aromatic N) is 2. The first-order valence-corrected chi connectivity index (χ1v) is 7.52. The molecule has 5 heteroatoms. The van der Waals surface area contributed by atoms with Crippen LogP contribution in [0.15, 0.2) is 24.3 Å². The number of hydrogen-bond donors (Lipinski definition) is 1. The molecule has 0 unspecified atom stereocenters. The third-order valence-electron chi connectivity index (χ3n) is 3.41. The van der Waals surface area contributed by atoms with E-state index < -0.39 is 5.41 Å². The minimum Gasteiger partial charge on any atom is -0.383 e. The molecule has 2 N–H and O–H groups in total. The van der Waals surface area contributed by atoms with Gasteiger partial charge in [0.25, 0.3) is 0 Å². The summed E-state index contributed by atoms with van der Waals surface area (Å²) in [4.78, 5) is 9.05. The van der Waals surface area contributed by atoms with Gasteiger partial charge < -0.3 is 5.73 Å². The first-order chi connectivity index (χ1) is 9.36. The largest absolute Gasteiger partial charge is 0.383 e. The molecule has 0 spiro atoms. The monoisotopic (exact) mass is 385 g/mol. The van der Waals surface area contributed by atoms with Gasteiger partial charge in [0.1, 0.15) is 17.5 Å². The summed E-state index contributed by atoms with van der Waals surface area (Å²) in [7, 11) is 0. The van der Waals surface area contributed by atoms with Crippen LogP contribution in [0.2, 0.25) is 0 Å². The van der Waals surface area contributed by atoms with Crippen molar-refractivity contribution in [2.45, 2.75) is 32.6 Å². The van der Waals surface area contributed by atoms with Crippen molar-refractivity contribution in [1.82, 2.24) is 9.97 Å². The lowest BCUT2D eigenvalue weighted by Gasteiger charge is -2.24. The maximum atomic E-state index is 13.1. The molecule has 0 bridgehead atoms. The molecule has 0 aliphatic rings. The lowest BCUT2D eigenvalue weighted by molar-refractivity contribution is 0.579. The van der Waals surface area contributed by atoms with Gasteiger partial charge >= 0.3 is 0 Å². The Morgan fingerprint density at radius 1 is 1.20 bits per heavy atom. The van der Waals surface area contributed by atoms with E-state index in [2.05, 4.69) is 32.6 Å². The van der Waals surface area contributed by atoms with Gasteiger partial charge in [0, 0.05) is 5.41 Å². The van der Waals surface area contributed by atoms with E-state index in [9.17, 15) is 4.39 Å². The maximum Gasteiger partial charge on any atom is 0.141 e. The Balaban J connectivity index is 2.53. The van der Waals surface area contributed by atoms with E-state index in [1.165, 1.54) is 12.1 Å². The van der Waals surface area contributed by atoms with Gasteiger partial charge in [-0.05, 0) is 60.6 Å². The molecule has 0 fully saturated rings. The predicted octanol–water partition coefficient (Wildman–Crippen LogP) is 3.69. The third-order valence-corrected chi connectivity index (χ3v) is 4.58. The number of aromatic nitrogens is 2. The molecule has 0 aliphatic heterocycles. The topological polar surface area (TPSA) is 51.8 Å². The van der Waals surface area contributed by atoms with Crippen LogP contribution >= 0.6 is 22.6 Å². The summed E-state index contributed by atoms with van der Waals surface area (Å²) < 4.78 is 14.0. The summed E-state index contributed by atoms with van der Waals surface area (Å²) in [6.07, 6.45) is 0.803. The summed E-state index contributed by atoms with van der Waals surface area (Å²) in [6.45, 7) is 6.07. The van der Waals surface area contributed by atoms with E-state index in [-0.39, 0.29) is 5.82 Å². The predicted molar refractivity (Wildman–Crippen MR) is 87.1 cm³/mol. The van der Waals surface area contributed by atoms with Gasteiger partial charge in [0.15, 0.2) is 0 Å². The molecule has 2 aromatic rings. The Hall–Kier alpha value is -1.24. The molecule has 0 saturated carbocycles. The first kappa shape index (κ1) is 15.2. The van der Waals surface area contributed by atoms with Crippen molar-refractivity contribution in [3.8, 4) is 0 Å². The summed E-state index contributed by atoms with van der Waals surface area (Å²) in [5.41, 5.74) is 7.46. The van der Waals surface area contributed by atoms with Gasteiger partial charge in [-0.2, -0.15) is 0 Å². The van der Waals surface area contributed by atoms with Crippen molar-refractivity contribution in [3.05, 3.63) is 50.7 Å². The molecule has 2 rings (SSSR count). The molecule has 106 valence electrons. The Morgan fingerprint density at radius 2 is 1.80 bits per heavy atom. The second kappa shape index (κ2) is 5.63. The zero-order valence-electron chi connectivity index (χ0n) is 11.7. The van der Waals surface area contributed by atoms with Crippen molar-refractivity contribution in [1.29, 1.82) is 0 Å². The van der Waals surface area contributed by atoms with E-state index in [1.54, 1.807) is 12.1 Å². The van der Waals surface area contributed by atoms with Crippen LogP contribution in [0, 0.1) is 9.39 Å². The molecule has 0 radical (unpaired) electrons. The summed E-state index contributed by atoms with van der Waals surface area (Å²) in [6, 6.07) is 6.43. The van der Waals surface area contributed by atoms with E-state index in [1.807, 2.05) is 20.8 Å². The van der Waals surface area contributed by atoms with E-state index in [0.29, 0.717) is 11.6 Å². The normalized spacial score (nSPS) is 11.7. The van der Waals surface area contributed by atoms with Gasteiger partial charge in [0.05, 0.1) is 9.26 Å². The van der Waals surface area contributed by atoms with Gasteiger partial charge in [-0.1, -0.05) is 19.1 Å². The van der Waals surface area contributed by atoms with Crippen LogP contribution in [-0.2, 0) is 11.8 Å². The van der Waals surface area contributed by atoms with E-state index >= 15 is 0 Å². The highest BCUT2D eigenvalue weighted by atomic mass is 127. The van der Waals surface area contributed by atoms with Crippen molar-refractivity contribution in [3.63, 3.8) is 0 Å². The fraction of sp³-hybridized carbons (Fsp3) is 0.333. The number of aryl methyl sites for hydroxylation is 1. The summed E-state index contributed by atoms with van der Waals surface area (Å²) in [5, 5.41) is 0. The molecule has 1 heterocycles. The Labute approximate surface area is 132 Å². The molecule has 1 aromatic carbocycles. The Kier molecular flexibility index (Phi) is 4.27.